The molecule has 4 nitrogen and oxygen atoms in total. The van der Waals surface area contributed by atoms with Gasteiger partial charge in [0, 0.05) is 65.1 Å². The Kier molecular flexibility index (Phi) is 31.3. The van der Waals surface area contributed by atoms with Crippen molar-refractivity contribution in [3.8, 4) is 0 Å². The zero-order valence-electron chi connectivity index (χ0n) is 33.8. The maximum absolute atomic E-state index is 3.48. The number of nitrogens with one attached hydrogen (secondary N) is 1. The first-order valence-corrected chi connectivity index (χ1v) is 22.3. The summed E-state index contributed by atoms with van der Waals surface area (Å²) < 4.78 is 0. The molecule has 0 aliphatic carbocycles. The molecule has 50 heavy (non-hydrogen) atoms. The van der Waals surface area contributed by atoms with Crippen LogP contribution >= 0.6 is 0 Å². The summed E-state index contributed by atoms with van der Waals surface area (Å²) in [5, 5.41) is 3.48. The fourth-order valence-corrected chi connectivity index (χ4v) is 7.63. The lowest BCUT2D eigenvalue weighted by Crippen LogP contribution is -2.51. The Hall–Kier alpha value is -1.20. The second-order valence-electron chi connectivity index (χ2n) is 15.6. The van der Waals surface area contributed by atoms with Gasteiger partial charge in [0.05, 0.1) is 0 Å². The Balaban J connectivity index is 1.55. The third kappa shape index (κ3) is 26.6. The minimum absolute atomic E-state index is 0.816. The molecule has 4 heteroatoms. The van der Waals surface area contributed by atoms with E-state index in [0.717, 1.165) is 25.6 Å². The smallest absolute Gasteiger partial charge is 0.0481 e. The van der Waals surface area contributed by atoms with Gasteiger partial charge < -0.3 is 5.32 Å². The molecule has 0 aromatic rings. The van der Waals surface area contributed by atoms with Crippen LogP contribution in [0, 0.1) is 0 Å². The van der Waals surface area contributed by atoms with E-state index in [1.807, 2.05) is 0 Å². The number of unbranched alkanes of at least 4 members (excludes halogenated alkanes) is 18. The molecule has 0 bridgehead atoms. The van der Waals surface area contributed by atoms with Crippen molar-refractivity contribution < 1.29 is 0 Å². The molecule has 2 saturated heterocycles. The molecule has 0 spiro atoms. The van der Waals surface area contributed by atoms with Gasteiger partial charge in [0.25, 0.3) is 0 Å². The van der Waals surface area contributed by atoms with E-state index in [2.05, 4.69) is 82.5 Å². The van der Waals surface area contributed by atoms with Gasteiger partial charge in [-0.05, 0) is 77.0 Å². The van der Waals surface area contributed by atoms with Gasteiger partial charge in [-0.2, -0.15) is 0 Å². The Labute approximate surface area is 313 Å². The predicted octanol–water partition coefficient (Wildman–Crippen LogP) is 12.2. The summed E-state index contributed by atoms with van der Waals surface area (Å²) in [6.45, 7) is 15.6. The topological polar surface area (TPSA) is 21.8 Å². The summed E-state index contributed by atoms with van der Waals surface area (Å²) in [6, 6.07) is 0.816. The Bertz CT molecular complexity index is 770. The number of piperazine rings is 1. The standard InChI is InChI=1S/C46H86N4/c1-3-5-7-9-11-13-15-17-19-21-23-25-27-29-31-33-35-46(50-43-41-48(42-44-50)39-40-49-38-37-47-45-49)36-34-32-30-28-26-24-22-20-18-16-14-12-10-8-6-4-2/h11-14,17-20,46-47H,3-10,15-16,21-45H2,1-2H3. The highest BCUT2D eigenvalue weighted by molar-refractivity contribution is 4.93. The second kappa shape index (κ2) is 34.9. The normalized spacial score (nSPS) is 17.6. The van der Waals surface area contributed by atoms with Crippen LogP contribution in [0.25, 0.3) is 0 Å². The third-order valence-electron chi connectivity index (χ3n) is 11.1. The molecule has 290 valence electrons. The van der Waals surface area contributed by atoms with Gasteiger partial charge in [0.1, 0.15) is 0 Å². The van der Waals surface area contributed by atoms with Crippen LogP contribution in [-0.4, -0.2) is 79.8 Å². The van der Waals surface area contributed by atoms with Crippen molar-refractivity contribution in [2.75, 3.05) is 59.0 Å². The van der Waals surface area contributed by atoms with Crippen molar-refractivity contribution in [1.29, 1.82) is 0 Å². The summed E-state index contributed by atoms with van der Waals surface area (Å²) >= 11 is 0. The van der Waals surface area contributed by atoms with Crippen LogP contribution in [0.15, 0.2) is 48.6 Å². The molecule has 1 N–H and O–H groups in total. The Morgan fingerprint density at radius 3 is 1.30 bits per heavy atom. The molecule has 0 radical (unpaired) electrons. The van der Waals surface area contributed by atoms with Crippen molar-refractivity contribution in [1.82, 2.24) is 20.0 Å². The predicted molar refractivity (Wildman–Crippen MR) is 224 cm³/mol. The van der Waals surface area contributed by atoms with Crippen molar-refractivity contribution >= 4 is 0 Å². The highest BCUT2D eigenvalue weighted by Crippen LogP contribution is 2.21. The molecule has 2 aliphatic rings. The lowest BCUT2D eigenvalue weighted by molar-refractivity contribution is 0.0804. The summed E-state index contributed by atoms with van der Waals surface area (Å²) in [5.74, 6) is 0. The van der Waals surface area contributed by atoms with Crippen LogP contribution in [0.4, 0.5) is 0 Å². The molecule has 0 atom stereocenters. The molecule has 2 fully saturated rings. The monoisotopic (exact) mass is 695 g/mol. The maximum Gasteiger partial charge on any atom is 0.0481 e. The number of hydrogen-bond acceptors (Lipinski definition) is 4. The van der Waals surface area contributed by atoms with Gasteiger partial charge in [-0.25, -0.2) is 0 Å². The average molecular weight is 695 g/mol. The van der Waals surface area contributed by atoms with E-state index >= 15 is 0 Å². The zero-order chi connectivity index (χ0) is 35.4. The minimum atomic E-state index is 0.816. The zero-order valence-corrected chi connectivity index (χ0v) is 33.8. The van der Waals surface area contributed by atoms with Gasteiger partial charge in [0.15, 0.2) is 0 Å². The van der Waals surface area contributed by atoms with Crippen molar-refractivity contribution in [2.24, 2.45) is 0 Å². The molecule has 2 aliphatic heterocycles. The minimum Gasteiger partial charge on any atom is -0.303 e. The van der Waals surface area contributed by atoms with E-state index < -0.39 is 0 Å². The van der Waals surface area contributed by atoms with E-state index in [9.17, 15) is 0 Å². The summed E-state index contributed by atoms with van der Waals surface area (Å²) in [6.07, 6.45) is 54.2. The molecular weight excluding hydrogens is 609 g/mol. The molecule has 2 rings (SSSR count). The fraction of sp³-hybridized carbons (Fsp3) is 0.826. The van der Waals surface area contributed by atoms with Gasteiger partial charge in [-0.1, -0.05) is 152 Å². The quantitative estimate of drug-likeness (QED) is 0.0534. The SMILES string of the molecule is CCCCCC=CCC=CCCCCCCCCC(CCCCCCCCC=CCC=CCCCCC)N1CCN(CCN2CCNC2)CC1. The third-order valence-corrected chi connectivity index (χ3v) is 11.1. The van der Waals surface area contributed by atoms with E-state index in [1.54, 1.807) is 0 Å². The van der Waals surface area contributed by atoms with Gasteiger partial charge >= 0.3 is 0 Å². The van der Waals surface area contributed by atoms with Crippen LogP contribution in [0.1, 0.15) is 181 Å². The highest BCUT2D eigenvalue weighted by Gasteiger charge is 2.24. The van der Waals surface area contributed by atoms with Crippen LogP contribution in [0.2, 0.25) is 0 Å². The largest absolute Gasteiger partial charge is 0.303 e. The molecular formula is C46H86N4. The first kappa shape index (κ1) is 45.0. The van der Waals surface area contributed by atoms with Gasteiger partial charge in [0.2, 0.25) is 0 Å². The highest BCUT2D eigenvalue weighted by atomic mass is 15.3. The van der Waals surface area contributed by atoms with E-state index in [0.29, 0.717) is 0 Å². The first-order valence-electron chi connectivity index (χ1n) is 22.3. The summed E-state index contributed by atoms with van der Waals surface area (Å²) in [7, 11) is 0. The number of hydrogen-bond donors (Lipinski definition) is 1. The number of nitrogens with zero attached hydrogens (tertiary/aromatic N) is 3. The van der Waals surface area contributed by atoms with Crippen LogP contribution in [-0.2, 0) is 0 Å². The van der Waals surface area contributed by atoms with Crippen LogP contribution in [0.3, 0.4) is 0 Å². The summed E-state index contributed by atoms with van der Waals surface area (Å²) in [4.78, 5) is 8.20. The van der Waals surface area contributed by atoms with E-state index in [-0.39, 0.29) is 0 Å². The lowest BCUT2D eigenvalue weighted by atomic mass is 9.98. The lowest BCUT2D eigenvalue weighted by Gasteiger charge is -2.40. The molecule has 0 amide bonds. The Morgan fingerprint density at radius 1 is 0.440 bits per heavy atom. The Morgan fingerprint density at radius 2 is 0.860 bits per heavy atom. The van der Waals surface area contributed by atoms with Crippen LogP contribution in [0.5, 0.6) is 0 Å². The van der Waals surface area contributed by atoms with Gasteiger partial charge in [-0.3, -0.25) is 14.7 Å². The molecule has 0 saturated carbocycles. The number of allylic oxidation sites excluding steroid dienone is 8. The first-order chi connectivity index (χ1) is 24.8. The summed E-state index contributed by atoms with van der Waals surface area (Å²) in [5.41, 5.74) is 0. The van der Waals surface area contributed by atoms with E-state index in [1.165, 1.54) is 206 Å². The molecule has 0 aromatic heterocycles. The number of rotatable bonds is 34. The van der Waals surface area contributed by atoms with E-state index in [4.69, 9.17) is 0 Å². The van der Waals surface area contributed by atoms with Gasteiger partial charge in [-0.15, -0.1) is 0 Å². The molecule has 0 aromatic carbocycles. The molecule has 2 heterocycles. The molecule has 0 unspecified atom stereocenters. The maximum atomic E-state index is 3.48. The average Bonchev–Trinajstić information content (AvgIpc) is 3.67. The van der Waals surface area contributed by atoms with Crippen molar-refractivity contribution in [2.45, 2.75) is 187 Å². The fourth-order valence-electron chi connectivity index (χ4n) is 7.63. The van der Waals surface area contributed by atoms with Crippen molar-refractivity contribution in [3.63, 3.8) is 0 Å². The second-order valence-corrected chi connectivity index (χ2v) is 15.6. The van der Waals surface area contributed by atoms with Crippen LogP contribution < -0.4 is 5.32 Å². The van der Waals surface area contributed by atoms with Crippen molar-refractivity contribution in [3.05, 3.63) is 48.6 Å².